The smallest absolute Gasteiger partial charge is 0.169 e. The summed E-state index contributed by atoms with van der Waals surface area (Å²) < 4.78 is 5.85. The van der Waals surface area contributed by atoms with Gasteiger partial charge in [-0.2, -0.15) is 0 Å². The van der Waals surface area contributed by atoms with Crippen molar-refractivity contribution in [1.82, 2.24) is 0 Å². The Labute approximate surface area is 115 Å². The number of nitrogens with zero attached hydrogens (tertiary/aromatic N) is 1. The van der Waals surface area contributed by atoms with Crippen molar-refractivity contribution in [2.75, 3.05) is 11.6 Å². The van der Waals surface area contributed by atoms with E-state index in [1.165, 1.54) is 10.4 Å². The van der Waals surface area contributed by atoms with Crippen LogP contribution in [0.2, 0.25) is 0 Å². The van der Waals surface area contributed by atoms with Gasteiger partial charge in [0.15, 0.2) is 5.50 Å². The van der Waals surface area contributed by atoms with Gasteiger partial charge in [-0.3, -0.25) is 0 Å². The number of amidine groups is 1. The molecule has 2 aliphatic rings. The zero-order valence-electron chi connectivity index (χ0n) is 10.7. The van der Waals surface area contributed by atoms with Gasteiger partial charge in [0.1, 0.15) is 10.8 Å². The SMILES string of the molecule is CS[C@@H]1N=C(N)c2c(sc3c2CC(C)(C)OC3)N1. The van der Waals surface area contributed by atoms with Crippen molar-refractivity contribution in [2.24, 2.45) is 10.7 Å². The number of ether oxygens (including phenoxy) is 1. The van der Waals surface area contributed by atoms with Crippen molar-refractivity contribution in [2.45, 2.75) is 38.0 Å². The van der Waals surface area contributed by atoms with Crippen LogP contribution < -0.4 is 11.1 Å². The summed E-state index contributed by atoms with van der Waals surface area (Å²) in [4.78, 5) is 5.77. The number of aliphatic imine (C=N–C) groups is 1. The largest absolute Gasteiger partial charge is 0.383 e. The second kappa shape index (κ2) is 4.15. The van der Waals surface area contributed by atoms with Crippen LogP contribution in [0.15, 0.2) is 4.99 Å². The highest BCUT2D eigenvalue weighted by molar-refractivity contribution is 7.99. The third-order valence-corrected chi connectivity index (χ3v) is 5.08. The molecule has 0 amide bonds. The summed E-state index contributed by atoms with van der Waals surface area (Å²) in [7, 11) is 0. The van der Waals surface area contributed by atoms with E-state index in [2.05, 4.69) is 24.2 Å². The number of thiophene rings is 1. The minimum Gasteiger partial charge on any atom is -0.383 e. The molecule has 0 unspecified atom stereocenters. The molecule has 0 bridgehead atoms. The van der Waals surface area contributed by atoms with E-state index in [0.717, 1.165) is 17.0 Å². The first-order valence-corrected chi connectivity index (χ1v) is 8.02. The fourth-order valence-electron chi connectivity index (χ4n) is 2.37. The van der Waals surface area contributed by atoms with E-state index in [4.69, 9.17) is 10.5 Å². The maximum atomic E-state index is 6.13. The van der Waals surface area contributed by atoms with Crippen molar-refractivity contribution < 1.29 is 4.74 Å². The average Bonchev–Trinajstić information content (AvgIpc) is 2.65. The van der Waals surface area contributed by atoms with Crippen molar-refractivity contribution in [3.05, 3.63) is 16.0 Å². The van der Waals surface area contributed by atoms with E-state index >= 15 is 0 Å². The fourth-order valence-corrected chi connectivity index (χ4v) is 4.06. The topological polar surface area (TPSA) is 59.6 Å². The Kier molecular flexibility index (Phi) is 2.84. The molecule has 0 radical (unpaired) electrons. The normalized spacial score (nSPS) is 24.8. The second-order valence-corrected chi connectivity index (χ2v) is 7.20. The molecule has 1 atom stereocenters. The Hall–Kier alpha value is -0.720. The lowest BCUT2D eigenvalue weighted by atomic mass is 9.92. The van der Waals surface area contributed by atoms with Gasteiger partial charge in [-0.05, 0) is 25.7 Å². The average molecular weight is 283 g/mol. The van der Waals surface area contributed by atoms with Crippen LogP contribution in [0.25, 0.3) is 0 Å². The van der Waals surface area contributed by atoms with E-state index < -0.39 is 0 Å². The molecule has 1 aromatic heterocycles. The lowest BCUT2D eigenvalue weighted by molar-refractivity contribution is -0.0383. The number of rotatable bonds is 1. The molecule has 18 heavy (non-hydrogen) atoms. The summed E-state index contributed by atoms with van der Waals surface area (Å²) >= 11 is 3.41. The summed E-state index contributed by atoms with van der Waals surface area (Å²) in [6.45, 7) is 4.92. The number of nitrogens with one attached hydrogen (secondary N) is 1. The van der Waals surface area contributed by atoms with Crippen LogP contribution in [0.4, 0.5) is 5.00 Å². The fraction of sp³-hybridized carbons (Fsp3) is 0.583. The van der Waals surface area contributed by atoms with Crippen molar-refractivity contribution in [1.29, 1.82) is 0 Å². The lowest BCUT2D eigenvalue weighted by Crippen LogP contribution is -2.33. The van der Waals surface area contributed by atoms with Gasteiger partial charge in [-0.25, -0.2) is 4.99 Å². The molecule has 0 saturated carbocycles. The Bertz CT molecular complexity index is 522. The van der Waals surface area contributed by atoms with Crippen LogP contribution in [0.1, 0.15) is 29.9 Å². The molecule has 3 heterocycles. The standard InChI is InChI=1S/C12H17N3OS2/c1-12(2)4-6-7(5-16-12)18-10-8(6)9(13)14-11(15-10)17-3/h11,15H,4-5H2,1-3H3,(H2,13,14)/t11-/m1/s1. The molecule has 3 rings (SSSR count). The zero-order chi connectivity index (χ0) is 12.9. The zero-order valence-corrected chi connectivity index (χ0v) is 12.4. The molecular weight excluding hydrogens is 266 g/mol. The summed E-state index contributed by atoms with van der Waals surface area (Å²) in [5.74, 6) is 0.665. The summed E-state index contributed by atoms with van der Waals surface area (Å²) in [5, 5.41) is 4.57. The van der Waals surface area contributed by atoms with Gasteiger partial charge in [-0.1, -0.05) is 0 Å². The van der Waals surface area contributed by atoms with E-state index in [1.807, 2.05) is 6.26 Å². The Morgan fingerprint density at radius 2 is 2.33 bits per heavy atom. The first-order chi connectivity index (χ1) is 8.50. The van der Waals surface area contributed by atoms with Gasteiger partial charge in [0.2, 0.25) is 0 Å². The molecule has 2 aliphatic heterocycles. The van der Waals surface area contributed by atoms with Crippen LogP contribution in [0, 0.1) is 0 Å². The van der Waals surface area contributed by atoms with Gasteiger partial charge < -0.3 is 15.8 Å². The second-order valence-electron chi connectivity index (χ2n) is 5.18. The maximum Gasteiger partial charge on any atom is 0.169 e. The van der Waals surface area contributed by atoms with E-state index in [9.17, 15) is 0 Å². The molecule has 3 N–H and O–H groups in total. The van der Waals surface area contributed by atoms with Crippen LogP contribution in [0.3, 0.4) is 0 Å². The van der Waals surface area contributed by atoms with Crippen LogP contribution in [0.5, 0.6) is 0 Å². The monoisotopic (exact) mass is 283 g/mol. The number of anilines is 1. The minimum absolute atomic E-state index is 0.0338. The van der Waals surface area contributed by atoms with Crippen molar-refractivity contribution in [3.63, 3.8) is 0 Å². The summed E-state index contributed by atoms with van der Waals surface area (Å²) in [6, 6.07) is 0. The van der Waals surface area contributed by atoms with Crippen LogP contribution >= 0.6 is 23.1 Å². The highest BCUT2D eigenvalue weighted by Gasteiger charge is 2.34. The quantitative estimate of drug-likeness (QED) is 0.831. The van der Waals surface area contributed by atoms with Gasteiger partial charge in [0.25, 0.3) is 0 Å². The van der Waals surface area contributed by atoms with Gasteiger partial charge in [0, 0.05) is 11.3 Å². The predicted molar refractivity (Wildman–Crippen MR) is 78.5 cm³/mol. The lowest BCUT2D eigenvalue weighted by Gasteiger charge is -2.30. The van der Waals surface area contributed by atoms with Gasteiger partial charge >= 0.3 is 0 Å². The summed E-state index contributed by atoms with van der Waals surface area (Å²) in [5.41, 5.74) is 8.48. The Morgan fingerprint density at radius 1 is 1.56 bits per heavy atom. The third kappa shape index (κ3) is 1.92. The molecule has 0 aromatic carbocycles. The molecular formula is C12H17N3OS2. The molecule has 6 heteroatoms. The minimum atomic E-state index is -0.113. The van der Waals surface area contributed by atoms with Crippen molar-refractivity contribution in [3.8, 4) is 0 Å². The number of fused-ring (bicyclic) bond motifs is 3. The number of nitrogens with two attached hydrogens (primary N) is 1. The Balaban J connectivity index is 2.06. The number of thioether (sulfide) groups is 1. The van der Waals surface area contributed by atoms with Gasteiger partial charge in [0.05, 0.1) is 17.8 Å². The van der Waals surface area contributed by atoms with Gasteiger partial charge in [-0.15, -0.1) is 23.1 Å². The molecule has 0 aliphatic carbocycles. The maximum absolute atomic E-state index is 6.13. The first kappa shape index (κ1) is 12.3. The summed E-state index contributed by atoms with van der Waals surface area (Å²) in [6.07, 6.45) is 2.93. The van der Waals surface area contributed by atoms with Crippen molar-refractivity contribution >= 4 is 33.9 Å². The highest BCUT2D eigenvalue weighted by atomic mass is 32.2. The van der Waals surface area contributed by atoms with E-state index in [0.29, 0.717) is 12.4 Å². The van der Waals surface area contributed by atoms with E-state index in [-0.39, 0.29) is 11.1 Å². The highest BCUT2D eigenvalue weighted by Crippen LogP contribution is 2.42. The van der Waals surface area contributed by atoms with Crippen LogP contribution in [-0.4, -0.2) is 23.2 Å². The molecule has 1 aromatic rings. The number of hydrogen-bond acceptors (Lipinski definition) is 6. The number of hydrogen-bond donors (Lipinski definition) is 2. The molecule has 0 spiro atoms. The molecule has 0 saturated heterocycles. The van der Waals surface area contributed by atoms with Crippen LogP contribution in [-0.2, 0) is 17.8 Å². The molecule has 4 nitrogen and oxygen atoms in total. The third-order valence-electron chi connectivity index (χ3n) is 3.28. The predicted octanol–water partition coefficient (Wildman–Crippen LogP) is 2.38. The Morgan fingerprint density at radius 3 is 3.06 bits per heavy atom. The molecule has 0 fully saturated rings. The first-order valence-electron chi connectivity index (χ1n) is 5.91. The van der Waals surface area contributed by atoms with E-state index in [1.54, 1.807) is 23.1 Å². The molecule has 98 valence electrons.